The Hall–Kier alpha value is -0.150. The Morgan fingerprint density at radius 2 is 2.12 bits per heavy atom. The van der Waals surface area contributed by atoms with Crippen molar-refractivity contribution in [3.05, 3.63) is 0 Å². The summed E-state index contributed by atoms with van der Waals surface area (Å²) in [6.45, 7) is 0. The standard InChI is InChI=1S/C5H10FNO/c6-3-1-4(7)5(8)2-3/h3-5,8H,1-2,7H2/t3-,4-,5-/m1/s1. The number of hydrogen-bond donors (Lipinski definition) is 2. The van der Waals surface area contributed by atoms with Gasteiger partial charge in [0.1, 0.15) is 6.17 Å². The minimum atomic E-state index is -0.875. The van der Waals surface area contributed by atoms with Crippen molar-refractivity contribution in [1.82, 2.24) is 0 Å². The van der Waals surface area contributed by atoms with Crippen LogP contribution in [0, 0.1) is 0 Å². The summed E-state index contributed by atoms with van der Waals surface area (Å²) < 4.78 is 12.2. The summed E-state index contributed by atoms with van der Waals surface area (Å²) in [5.41, 5.74) is 5.28. The highest BCUT2D eigenvalue weighted by atomic mass is 19.1. The first kappa shape index (κ1) is 5.98. The van der Waals surface area contributed by atoms with Gasteiger partial charge in [-0.2, -0.15) is 0 Å². The lowest BCUT2D eigenvalue weighted by Gasteiger charge is -2.03. The first-order chi connectivity index (χ1) is 3.70. The predicted molar refractivity (Wildman–Crippen MR) is 28.1 cm³/mol. The lowest BCUT2D eigenvalue weighted by molar-refractivity contribution is 0.157. The summed E-state index contributed by atoms with van der Waals surface area (Å²) in [6.07, 6.45) is -0.938. The fourth-order valence-electron chi connectivity index (χ4n) is 0.985. The highest BCUT2D eigenvalue weighted by molar-refractivity contribution is 4.85. The molecule has 0 heterocycles. The molecule has 48 valence electrons. The summed E-state index contributed by atoms with van der Waals surface area (Å²) in [4.78, 5) is 0. The Morgan fingerprint density at radius 1 is 1.50 bits per heavy atom. The third kappa shape index (κ3) is 0.980. The van der Waals surface area contributed by atoms with E-state index in [9.17, 15) is 4.39 Å². The highest BCUT2D eigenvalue weighted by Crippen LogP contribution is 2.20. The molecule has 0 bridgehead atoms. The molecule has 0 amide bonds. The molecule has 0 aromatic carbocycles. The lowest BCUT2D eigenvalue weighted by Crippen LogP contribution is -2.28. The number of nitrogens with two attached hydrogens (primary N) is 1. The highest BCUT2D eigenvalue weighted by Gasteiger charge is 2.29. The Bertz CT molecular complexity index is 78.5. The fourth-order valence-corrected chi connectivity index (χ4v) is 0.985. The van der Waals surface area contributed by atoms with Gasteiger partial charge in [-0.1, -0.05) is 0 Å². The summed E-state index contributed by atoms with van der Waals surface area (Å²) in [5.74, 6) is 0. The minimum absolute atomic E-state index is 0.223. The normalized spacial score (nSPS) is 47.6. The van der Waals surface area contributed by atoms with Gasteiger partial charge in [-0.15, -0.1) is 0 Å². The SMILES string of the molecule is N[C@@H]1C[C@@H](F)C[C@H]1O. The number of aliphatic hydroxyl groups is 1. The Balaban J connectivity index is 2.39. The van der Waals surface area contributed by atoms with Crippen molar-refractivity contribution in [3.8, 4) is 0 Å². The molecule has 1 fully saturated rings. The van der Waals surface area contributed by atoms with Crippen molar-refractivity contribution >= 4 is 0 Å². The van der Waals surface area contributed by atoms with Gasteiger partial charge in [0.2, 0.25) is 0 Å². The summed E-state index contributed by atoms with van der Waals surface area (Å²) >= 11 is 0. The molecule has 0 aromatic rings. The molecule has 0 radical (unpaired) electrons. The molecule has 0 unspecified atom stereocenters. The first-order valence-corrected chi connectivity index (χ1v) is 2.78. The summed E-state index contributed by atoms with van der Waals surface area (Å²) in [6, 6.07) is -0.329. The maximum Gasteiger partial charge on any atom is 0.104 e. The average molecular weight is 119 g/mol. The molecular formula is C5H10FNO. The van der Waals surface area contributed by atoms with Gasteiger partial charge in [0.25, 0.3) is 0 Å². The van der Waals surface area contributed by atoms with Crippen molar-refractivity contribution in [3.63, 3.8) is 0 Å². The predicted octanol–water partition coefficient (Wildman–Crippen LogP) is -0.194. The van der Waals surface area contributed by atoms with E-state index in [0.29, 0.717) is 6.42 Å². The zero-order valence-corrected chi connectivity index (χ0v) is 4.55. The maximum absolute atomic E-state index is 12.2. The van der Waals surface area contributed by atoms with Gasteiger partial charge in [-0.05, 0) is 6.42 Å². The van der Waals surface area contributed by atoms with Crippen molar-refractivity contribution in [2.45, 2.75) is 31.2 Å². The number of aliphatic hydroxyl groups excluding tert-OH is 1. The van der Waals surface area contributed by atoms with E-state index < -0.39 is 12.3 Å². The number of rotatable bonds is 0. The molecule has 1 aliphatic carbocycles. The smallest absolute Gasteiger partial charge is 0.104 e. The van der Waals surface area contributed by atoms with Gasteiger partial charge in [0.15, 0.2) is 0 Å². The molecule has 2 nitrogen and oxygen atoms in total. The molecule has 8 heavy (non-hydrogen) atoms. The number of halogens is 1. The third-order valence-electron chi connectivity index (χ3n) is 1.52. The van der Waals surface area contributed by atoms with Crippen molar-refractivity contribution < 1.29 is 9.50 Å². The second-order valence-electron chi connectivity index (χ2n) is 2.30. The summed E-state index contributed by atoms with van der Waals surface area (Å²) in [7, 11) is 0. The van der Waals surface area contributed by atoms with E-state index in [1.165, 1.54) is 0 Å². The van der Waals surface area contributed by atoms with Crippen LogP contribution in [0.1, 0.15) is 12.8 Å². The zero-order chi connectivity index (χ0) is 6.15. The first-order valence-electron chi connectivity index (χ1n) is 2.78. The molecule has 1 aliphatic rings. The molecule has 3 atom stereocenters. The average Bonchev–Trinajstić information content (AvgIpc) is 1.85. The van der Waals surface area contributed by atoms with Crippen LogP contribution < -0.4 is 5.73 Å². The van der Waals surface area contributed by atoms with Gasteiger partial charge in [-0.3, -0.25) is 0 Å². The van der Waals surface area contributed by atoms with E-state index in [0.717, 1.165) is 0 Å². The molecule has 3 heteroatoms. The largest absolute Gasteiger partial charge is 0.391 e. The van der Waals surface area contributed by atoms with Gasteiger partial charge >= 0.3 is 0 Å². The van der Waals surface area contributed by atoms with E-state index in [-0.39, 0.29) is 12.5 Å². The Kier molecular flexibility index (Phi) is 1.49. The van der Waals surface area contributed by atoms with E-state index in [2.05, 4.69) is 0 Å². The maximum atomic E-state index is 12.2. The second-order valence-corrected chi connectivity index (χ2v) is 2.30. The van der Waals surface area contributed by atoms with E-state index in [4.69, 9.17) is 10.8 Å². The van der Waals surface area contributed by atoms with Gasteiger partial charge in [0, 0.05) is 12.5 Å². The van der Waals surface area contributed by atoms with Crippen LogP contribution in [-0.2, 0) is 0 Å². The number of alkyl halides is 1. The fraction of sp³-hybridized carbons (Fsp3) is 1.00. The molecule has 1 rings (SSSR count). The van der Waals surface area contributed by atoms with Crippen molar-refractivity contribution in [2.75, 3.05) is 0 Å². The van der Waals surface area contributed by atoms with Crippen molar-refractivity contribution in [1.29, 1.82) is 0 Å². The van der Waals surface area contributed by atoms with Gasteiger partial charge in [0.05, 0.1) is 6.10 Å². The number of hydrogen-bond acceptors (Lipinski definition) is 2. The van der Waals surface area contributed by atoms with E-state index in [1.807, 2.05) is 0 Å². The quantitative estimate of drug-likeness (QED) is 0.464. The molecule has 3 N–H and O–H groups in total. The minimum Gasteiger partial charge on any atom is -0.391 e. The topological polar surface area (TPSA) is 46.2 Å². The van der Waals surface area contributed by atoms with Crippen LogP contribution in [0.3, 0.4) is 0 Å². The van der Waals surface area contributed by atoms with Crippen molar-refractivity contribution in [2.24, 2.45) is 5.73 Å². The van der Waals surface area contributed by atoms with Crippen LogP contribution in [-0.4, -0.2) is 23.4 Å². The Morgan fingerprint density at radius 3 is 2.25 bits per heavy atom. The van der Waals surface area contributed by atoms with Crippen LogP contribution in [0.5, 0.6) is 0 Å². The molecule has 0 saturated heterocycles. The molecule has 0 aliphatic heterocycles. The lowest BCUT2D eigenvalue weighted by atomic mass is 10.2. The van der Waals surface area contributed by atoms with Crippen LogP contribution in [0.4, 0.5) is 4.39 Å². The van der Waals surface area contributed by atoms with Gasteiger partial charge < -0.3 is 10.8 Å². The van der Waals surface area contributed by atoms with E-state index in [1.54, 1.807) is 0 Å². The molecular weight excluding hydrogens is 109 g/mol. The van der Waals surface area contributed by atoms with Gasteiger partial charge in [-0.25, -0.2) is 4.39 Å². The molecule has 0 aromatic heterocycles. The Labute approximate surface area is 47.5 Å². The molecule has 0 spiro atoms. The van der Waals surface area contributed by atoms with Crippen LogP contribution >= 0.6 is 0 Å². The zero-order valence-electron chi connectivity index (χ0n) is 4.55. The molecule has 1 saturated carbocycles. The van der Waals surface area contributed by atoms with Crippen LogP contribution in [0.25, 0.3) is 0 Å². The van der Waals surface area contributed by atoms with Crippen LogP contribution in [0.15, 0.2) is 0 Å². The summed E-state index contributed by atoms with van der Waals surface area (Å²) in [5, 5.41) is 8.80. The van der Waals surface area contributed by atoms with Crippen LogP contribution in [0.2, 0.25) is 0 Å². The second kappa shape index (κ2) is 1.99. The monoisotopic (exact) mass is 119 g/mol. The van der Waals surface area contributed by atoms with E-state index >= 15 is 0 Å². The third-order valence-corrected chi connectivity index (χ3v) is 1.52.